The van der Waals surface area contributed by atoms with Crippen LogP contribution in [0.3, 0.4) is 0 Å². The third kappa shape index (κ3) is 3.42. The molecule has 6 nitrogen and oxygen atoms in total. The minimum atomic E-state index is -3.98. The lowest BCUT2D eigenvalue weighted by atomic mass is 10.3. The first-order valence-corrected chi connectivity index (χ1v) is 7.88. The molecule has 0 atom stereocenters. The molecule has 0 bridgehead atoms. The Bertz CT molecular complexity index is 783. The molecule has 1 aromatic carbocycles. The standard InChI is InChI=1S/C12H11BrFN3O3S/c1-20-10-5-8(14)2-3-9(10)17-21(18,19)11-4-7(13)6-16-12(11)15/h2-6,17H,1H3,(H2,15,16). The molecule has 3 N–H and O–H groups in total. The van der Waals surface area contributed by atoms with Gasteiger partial charge in [-0.2, -0.15) is 0 Å². The quantitative estimate of drug-likeness (QED) is 0.855. The van der Waals surface area contributed by atoms with Gasteiger partial charge in [0.25, 0.3) is 10.0 Å². The first kappa shape index (κ1) is 15.5. The van der Waals surface area contributed by atoms with E-state index in [1.807, 2.05) is 0 Å². The minimum absolute atomic E-state index is 0.0557. The largest absolute Gasteiger partial charge is 0.494 e. The average Bonchev–Trinajstić information content (AvgIpc) is 2.43. The summed E-state index contributed by atoms with van der Waals surface area (Å²) in [5, 5.41) is 0. The normalized spacial score (nSPS) is 11.2. The molecule has 0 fully saturated rings. The van der Waals surface area contributed by atoms with E-state index >= 15 is 0 Å². The highest BCUT2D eigenvalue weighted by atomic mass is 79.9. The van der Waals surface area contributed by atoms with Crippen LogP contribution in [0.15, 0.2) is 39.8 Å². The molecule has 2 rings (SSSR count). The van der Waals surface area contributed by atoms with E-state index in [0.29, 0.717) is 4.47 Å². The van der Waals surface area contributed by atoms with E-state index < -0.39 is 15.8 Å². The summed E-state index contributed by atoms with van der Waals surface area (Å²) in [6, 6.07) is 4.76. The lowest BCUT2D eigenvalue weighted by molar-refractivity contribution is 0.413. The number of ether oxygens (including phenoxy) is 1. The van der Waals surface area contributed by atoms with Crippen molar-refractivity contribution in [3.8, 4) is 5.75 Å². The number of anilines is 2. The third-order valence-corrected chi connectivity index (χ3v) is 4.37. The van der Waals surface area contributed by atoms with Gasteiger partial charge in [-0.3, -0.25) is 4.72 Å². The third-order valence-electron chi connectivity index (χ3n) is 2.55. The maximum atomic E-state index is 13.1. The molecule has 0 saturated heterocycles. The zero-order valence-corrected chi connectivity index (χ0v) is 13.2. The van der Waals surface area contributed by atoms with Gasteiger partial charge in [0.2, 0.25) is 0 Å². The van der Waals surface area contributed by atoms with Gasteiger partial charge in [0.15, 0.2) is 0 Å². The molecule has 0 aliphatic rings. The van der Waals surface area contributed by atoms with E-state index in [9.17, 15) is 12.8 Å². The molecular weight excluding hydrogens is 365 g/mol. The second-order valence-corrected chi connectivity index (χ2v) is 6.55. The summed E-state index contributed by atoms with van der Waals surface area (Å²) in [6.07, 6.45) is 1.38. The van der Waals surface area contributed by atoms with Crippen molar-refractivity contribution >= 4 is 37.5 Å². The van der Waals surface area contributed by atoms with E-state index in [1.165, 1.54) is 25.4 Å². The Labute approximate surface area is 129 Å². The van der Waals surface area contributed by atoms with Crippen LogP contribution in [0.25, 0.3) is 0 Å². The zero-order valence-electron chi connectivity index (χ0n) is 10.8. The number of hydrogen-bond acceptors (Lipinski definition) is 5. The molecule has 0 radical (unpaired) electrons. The van der Waals surface area contributed by atoms with Gasteiger partial charge in [0.1, 0.15) is 22.3 Å². The molecule has 0 spiro atoms. The minimum Gasteiger partial charge on any atom is -0.494 e. The first-order valence-electron chi connectivity index (χ1n) is 5.61. The number of rotatable bonds is 4. The second kappa shape index (κ2) is 5.86. The van der Waals surface area contributed by atoms with Crippen LogP contribution in [-0.4, -0.2) is 20.5 Å². The number of halogens is 2. The molecule has 0 saturated carbocycles. The van der Waals surface area contributed by atoms with E-state index in [0.717, 1.165) is 12.1 Å². The van der Waals surface area contributed by atoms with Crippen LogP contribution < -0.4 is 15.2 Å². The molecule has 1 aromatic heterocycles. The number of nitrogen functional groups attached to an aromatic ring is 1. The second-order valence-electron chi connectivity index (χ2n) is 3.99. The van der Waals surface area contributed by atoms with Crippen LogP contribution in [0.5, 0.6) is 5.75 Å². The predicted molar refractivity (Wildman–Crippen MR) is 80.1 cm³/mol. The number of pyridine rings is 1. The number of nitrogens with two attached hydrogens (primary N) is 1. The average molecular weight is 376 g/mol. The van der Waals surface area contributed by atoms with Gasteiger partial charge in [-0.25, -0.2) is 17.8 Å². The summed E-state index contributed by atoms with van der Waals surface area (Å²) in [7, 11) is -2.67. The van der Waals surface area contributed by atoms with Gasteiger partial charge < -0.3 is 10.5 Å². The number of benzene rings is 1. The van der Waals surface area contributed by atoms with Gasteiger partial charge in [-0.15, -0.1) is 0 Å². The lowest BCUT2D eigenvalue weighted by Crippen LogP contribution is -2.16. The molecular formula is C12H11BrFN3O3S. The van der Waals surface area contributed by atoms with Crippen molar-refractivity contribution in [3.63, 3.8) is 0 Å². The van der Waals surface area contributed by atoms with E-state index in [-0.39, 0.29) is 22.2 Å². The summed E-state index contributed by atoms with van der Waals surface area (Å²) < 4.78 is 45.5. The number of sulfonamides is 1. The maximum absolute atomic E-state index is 13.1. The predicted octanol–water partition coefficient (Wildman–Crippen LogP) is 2.37. The van der Waals surface area contributed by atoms with Gasteiger partial charge in [0, 0.05) is 16.7 Å². The van der Waals surface area contributed by atoms with Crippen LogP contribution in [0.1, 0.15) is 0 Å². The fourth-order valence-corrected chi connectivity index (χ4v) is 3.26. The van der Waals surface area contributed by atoms with Crippen molar-refractivity contribution in [1.82, 2.24) is 4.98 Å². The highest BCUT2D eigenvalue weighted by molar-refractivity contribution is 9.10. The molecule has 112 valence electrons. The van der Waals surface area contributed by atoms with Gasteiger partial charge in [-0.05, 0) is 34.1 Å². The molecule has 0 aliphatic heterocycles. The Balaban J connectivity index is 2.45. The fourth-order valence-electron chi connectivity index (χ4n) is 1.60. The Morgan fingerprint density at radius 2 is 2.10 bits per heavy atom. The lowest BCUT2D eigenvalue weighted by Gasteiger charge is -2.12. The molecule has 0 aliphatic carbocycles. The van der Waals surface area contributed by atoms with Gasteiger partial charge in [0.05, 0.1) is 12.8 Å². The molecule has 2 aromatic rings. The van der Waals surface area contributed by atoms with Crippen molar-refractivity contribution in [1.29, 1.82) is 0 Å². The maximum Gasteiger partial charge on any atom is 0.265 e. The summed E-state index contributed by atoms with van der Waals surface area (Å²) in [5.74, 6) is -0.634. The summed E-state index contributed by atoms with van der Waals surface area (Å²) >= 11 is 3.13. The molecule has 0 amide bonds. The fraction of sp³-hybridized carbons (Fsp3) is 0.0833. The van der Waals surface area contributed by atoms with Crippen molar-refractivity contribution in [2.75, 3.05) is 17.6 Å². The number of nitrogens with one attached hydrogen (secondary N) is 1. The Hall–Kier alpha value is -1.87. The number of hydrogen-bond donors (Lipinski definition) is 2. The van der Waals surface area contributed by atoms with Crippen LogP contribution in [-0.2, 0) is 10.0 Å². The topological polar surface area (TPSA) is 94.3 Å². The zero-order chi connectivity index (χ0) is 15.6. The van der Waals surface area contributed by atoms with Crippen LogP contribution in [0.2, 0.25) is 0 Å². The smallest absolute Gasteiger partial charge is 0.265 e. The molecule has 1 heterocycles. The monoisotopic (exact) mass is 375 g/mol. The Morgan fingerprint density at radius 1 is 1.38 bits per heavy atom. The highest BCUT2D eigenvalue weighted by Crippen LogP contribution is 2.29. The van der Waals surface area contributed by atoms with Crippen molar-refractivity contribution in [2.45, 2.75) is 4.90 Å². The number of aromatic nitrogens is 1. The Morgan fingerprint density at radius 3 is 2.76 bits per heavy atom. The number of methoxy groups -OCH3 is 1. The summed E-state index contributed by atoms with van der Waals surface area (Å²) in [5.41, 5.74) is 5.68. The van der Waals surface area contributed by atoms with Crippen LogP contribution in [0, 0.1) is 5.82 Å². The van der Waals surface area contributed by atoms with Gasteiger partial charge in [-0.1, -0.05) is 0 Å². The number of nitrogens with zero attached hydrogens (tertiary/aromatic N) is 1. The highest BCUT2D eigenvalue weighted by Gasteiger charge is 2.21. The van der Waals surface area contributed by atoms with Crippen LogP contribution in [0.4, 0.5) is 15.9 Å². The molecule has 21 heavy (non-hydrogen) atoms. The summed E-state index contributed by atoms with van der Waals surface area (Å²) in [4.78, 5) is 3.57. The molecule has 9 heteroatoms. The summed E-state index contributed by atoms with van der Waals surface area (Å²) in [6.45, 7) is 0. The van der Waals surface area contributed by atoms with Gasteiger partial charge >= 0.3 is 0 Å². The van der Waals surface area contributed by atoms with Crippen LogP contribution >= 0.6 is 15.9 Å². The first-order chi connectivity index (χ1) is 9.83. The van der Waals surface area contributed by atoms with E-state index in [2.05, 4.69) is 25.6 Å². The van der Waals surface area contributed by atoms with Crippen molar-refractivity contribution < 1.29 is 17.5 Å². The van der Waals surface area contributed by atoms with Crippen molar-refractivity contribution in [2.24, 2.45) is 0 Å². The molecule has 0 unspecified atom stereocenters. The Kier molecular flexibility index (Phi) is 4.33. The van der Waals surface area contributed by atoms with E-state index in [4.69, 9.17) is 10.5 Å². The van der Waals surface area contributed by atoms with Crippen molar-refractivity contribution in [3.05, 3.63) is 40.8 Å². The SMILES string of the molecule is COc1cc(F)ccc1NS(=O)(=O)c1cc(Br)cnc1N. The van der Waals surface area contributed by atoms with E-state index in [1.54, 1.807) is 0 Å².